The zero-order chi connectivity index (χ0) is 59.3. The molecule has 444 valence electrons. The number of imidazole rings is 2. The van der Waals surface area contributed by atoms with E-state index < -0.39 is 54.9 Å². The average Bonchev–Trinajstić information content (AvgIpc) is 2.21. The van der Waals surface area contributed by atoms with E-state index in [1.54, 1.807) is 74.8 Å². The van der Waals surface area contributed by atoms with Gasteiger partial charge in [0, 0.05) is 91.6 Å². The van der Waals surface area contributed by atoms with Gasteiger partial charge < -0.3 is 34.8 Å². The Morgan fingerprint density at radius 2 is 1.07 bits per heavy atom. The maximum atomic E-state index is 16.4. The largest absolute Gasteiger partial charge is 0.476 e. The lowest BCUT2D eigenvalue weighted by molar-refractivity contribution is 0.0114. The number of nitrogens with zero attached hydrogens (tertiary/aromatic N) is 6. The average molecular weight is 1280 g/mol. The van der Waals surface area contributed by atoms with Gasteiger partial charge in [0.1, 0.15) is 22.8 Å². The van der Waals surface area contributed by atoms with Crippen molar-refractivity contribution in [3.05, 3.63) is 143 Å². The summed E-state index contributed by atoms with van der Waals surface area (Å²) >= 11 is 1.65. The number of nitrogens with one attached hydrogen (secondary N) is 6. The summed E-state index contributed by atoms with van der Waals surface area (Å²) in [5.74, 6) is 0.141. The Balaban J connectivity index is 0.000000251. The summed E-state index contributed by atoms with van der Waals surface area (Å²) in [6, 6.07) is 21.0. The minimum atomic E-state index is -4.17. The van der Waals surface area contributed by atoms with Gasteiger partial charge in [-0.3, -0.25) is 24.2 Å². The lowest BCUT2D eigenvalue weighted by atomic mass is 9.98. The van der Waals surface area contributed by atoms with Gasteiger partial charge in [0.15, 0.2) is 17.4 Å². The van der Waals surface area contributed by atoms with Crippen LogP contribution in [0.15, 0.2) is 97.6 Å². The number of carbonyl (C=O) groups is 2. The fourth-order valence-electron chi connectivity index (χ4n) is 9.18. The summed E-state index contributed by atoms with van der Waals surface area (Å²) in [6.07, 6.45) is 8.14. The highest BCUT2D eigenvalue weighted by Gasteiger charge is 2.39. The molecule has 6 heterocycles. The third-order valence-corrected chi connectivity index (χ3v) is 15.0. The first-order valence-corrected chi connectivity index (χ1v) is 29.6. The van der Waals surface area contributed by atoms with E-state index in [1.807, 2.05) is 81.4 Å². The number of phosphoric ester groups is 1. The molecule has 0 aliphatic carbocycles. The number of H-pyrrole nitrogens is 2. The SMILES string of the molecule is C.CCNC(=O)Nc1nc2c([C@H]3CCCO3)c(F)c(-c3cnc(C(C)(C)OC)nc3)cc2[nH]1.CCNC(=O)Nc1nc2c([C@H]3CCCO3)c(F)c(-c3cnc(C(C)(C)OP(=O)(OCc4ccccc4)OCc4ccccc4)nc3)cc2[nH]1.[B]I. The van der Waals surface area contributed by atoms with Crippen LogP contribution in [0.3, 0.4) is 0 Å². The van der Waals surface area contributed by atoms with Gasteiger partial charge in [-0.1, -0.05) is 68.1 Å². The first-order valence-electron chi connectivity index (χ1n) is 26.9. The first kappa shape index (κ1) is 64.7. The summed E-state index contributed by atoms with van der Waals surface area (Å²) in [4.78, 5) is 56.9. The van der Waals surface area contributed by atoms with E-state index in [4.69, 9.17) is 27.8 Å². The van der Waals surface area contributed by atoms with Gasteiger partial charge >= 0.3 is 19.9 Å². The van der Waals surface area contributed by atoms with Crippen molar-refractivity contribution < 1.29 is 50.7 Å². The fourth-order valence-corrected chi connectivity index (χ4v) is 10.6. The Morgan fingerprint density at radius 1 is 0.679 bits per heavy atom. The number of benzene rings is 4. The van der Waals surface area contributed by atoms with Crippen molar-refractivity contribution >= 4 is 81.9 Å². The number of amides is 4. The van der Waals surface area contributed by atoms with Crippen LogP contribution in [0.1, 0.15) is 121 Å². The minimum absolute atomic E-state index is 0. The highest BCUT2D eigenvalue weighted by atomic mass is 127. The quantitative estimate of drug-likeness (QED) is 0.0250. The minimum Gasteiger partial charge on any atom is -0.373 e. The Kier molecular flexibility index (Phi) is 22.6. The number of hydrogen-bond acceptors (Lipinski definition) is 15. The van der Waals surface area contributed by atoms with Crippen LogP contribution in [0.25, 0.3) is 44.3 Å². The number of hydrogen-bond donors (Lipinski definition) is 6. The molecule has 2 saturated heterocycles. The van der Waals surface area contributed by atoms with Crippen LogP contribution in [0.2, 0.25) is 0 Å². The molecule has 0 saturated carbocycles. The van der Waals surface area contributed by atoms with Crippen molar-refractivity contribution in [2.75, 3.05) is 44.0 Å². The molecule has 2 aliphatic rings. The molecule has 84 heavy (non-hydrogen) atoms. The zero-order valence-corrected chi connectivity index (χ0v) is 50.0. The highest BCUT2D eigenvalue weighted by Crippen LogP contribution is 2.56. The predicted molar refractivity (Wildman–Crippen MR) is 326 cm³/mol. The smallest absolute Gasteiger partial charge is 0.373 e. The van der Waals surface area contributed by atoms with Gasteiger partial charge in [-0.25, -0.2) is 52.8 Å². The number of anilines is 2. The van der Waals surface area contributed by atoms with E-state index in [9.17, 15) is 14.2 Å². The number of carbonyl (C=O) groups excluding carboxylic acids is 2. The van der Waals surface area contributed by atoms with Gasteiger partial charge in [0.25, 0.3) is 0 Å². The second-order valence-corrected chi connectivity index (χ2v) is 21.7. The van der Waals surface area contributed by atoms with Crippen LogP contribution < -0.4 is 21.3 Å². The van der Waals surface area contributed by atoms with Crippen molar-refractivity contribution in [2.24, 2.45) is 0 Å². The number of aromatic nitrogens is 8. The summed E-state index contributed by atoms with van der Waals surface area (Å²) in [5, 5.41) is 10.6. The highest BCUT2D eigenvalue weighted by molar-refractivity contribution is 14.1. The number of aromatic amines is 2. The van der Waals surface area contributed by atoms with Gasteiger partial charge in [-0.2, -0.15) is 22.4 Å². The van der Waals surface area contributed by atoms with Crippen molar-refractivity contribution in [1.29, 1.82) is 0 Å². The molecular weight excluding hydrogens is 1220 g/mol. The van der Waals surface area contributed by atoms with Crippen LogP contribution in [0.5, 0.6) is 0 Å². The van der Waals surface area contributed by atoms with Crippen molar-refractivity contribution in [3.63, 3.8) is 0 Å². The molecule has 2 aliphatic heterocycles. The monoisotopic (exact) mass is 1280 g/mol. The summed E-state index contributed by atoms with van der Waals surface area (Å²) in [7, 11) is -2.59. The maximum Gasteiger partial charge on any atom is 0.476 e. The van der Waals surface area contributed by atoms with Crippen LogP contribution in [-0.4, -0.2) is 91.0 Å². The van der Waals surface area contributed by atoms with Gasteiger partial charge in [-0.05, 0) is 90.5 Å². The zero-order valence-electron chi connectivity index (χ0n) is 47.0. The number of halogens is 3. The third kappa shape index (κ3) is 15.7. The molecule has 21 nitrogen and oxygen atoms in total. The number of fused-ring (bicyclic) bond motifs is 2. The van der Waals surface area contributed by atoms with E-state index in [1.165, 1.54) is 12.4 Å². The summed E-state index contributed by atoms with van der Waals surface area (Å²) in [5.41, 5.74) is 8.07. The summed E-state index contributed by atoms with van der Waals surface area (Å²) in [6.45, 7) is 12.6. The standard InChI is InChI=1S/C35H38FN6O6P.C22H27FN6O3.CH4.BI/c1-4-37-34(43)42-33-40-27-18-26(30(36)29(31(27)41-33)28-16-11-17-45-28)25-19-38-32(39-20-25)35(2,3)48-49(44,46-21-23-12-7-5-8-13-23)47-22-24-14-9-6-10-15-24;1-5-24-21(30)29-20-27-14-9-13(12-10-25-19(26-11-12)22(2,3)31-4)17(23)16(18(14)28-20)15-7-6-8-32-15;;1-2/h5-10,12-15,18-20,28H,4,11,16-17,21-22H2,1-3H3,(H3,37,40,41,42,43);9-11,15H,5-8H2,1-4H3,(H3,24,27,28,29,30);1H4;/t28-;15-;;/m11../s1. The molecule has 2 fully saturated rings. The van der Waals surface area contributed by atoms with Crippen molar-refractivity contribution in [3.8, 4) is 22.3 Å². The second-order valence-electron chi connectivity index (χ2n) is 20.1. The Bertz CT molecular complexity index is 3470. The lowest BCUT2D eigenvalue weighted by Gasteiger charge is -2.28. The third-order valence-electron chi connectivity index (χ3n) is 13.5. The fraction of sp³-hybridized carbons (Fsp3) is 0.379. The van der Waals surface area contributed by atoms with E-state index in [0.717, 1.165) is 24.0 Å². The first-order chi connectivity index (χ1) is 40.0. The topological polar surface area (TPSA) is 264 Å². The molecule has 2 radical (unpaired) electrons. The van der Waals surface area contributed by atoms with Gasteiger partial charge in [0.05, 0.1) is 47.5 Å². The molecule has 6 N–H and O–H groups in total. The molecule has 4 amide bonds. The molecule has 0 unspecified atom stereocenters. The Hall–Kier alpha value is -6.84. The van der Waals surface area contributed by atoms with Crippen LogP contribution in [0.4, 0.5) is 30.3 Å². The lowest BCUT2D eigenvalue weighted by Crippen LogP contribution is -2.28. The Morgan fingerprint density at radius 3 is 1.43 bits per heavy atom. The number of methoxy groups -OCH3 is 1. The van der Waals surface area contributed by atoms with E-state index in [0.29, 0.717) is 94.9 Å². The van der Waals surface area contributed by atoms with Crippen LogP contribution >= 0.6 is 30.2 Å². The second kappa shape index (κ2) is 29.3. The Labute approximate surface area is 501 Å². The maximum absolute atomic E-state index is 16.4. The van der Waals surface area contributed by atoms with Crippen LogP contribution in [0, 0.1) is 11.6 Å². The van der Waals surface area contributed by atoms with E-state index in [-0.39, 0.29) is 43.9 Å². The van der Waals surface area contributed by atoms with Crippen molar-refractivity contribution in [1.82, 2.24) is 50.5 Å². The summed E-state index contributed by atoms with van der Waals surface area (Å²) < 4.78 is 81.0. The van der Waals surface area contributed by atoms with Gasteiger partial charge in [0.2, 0.25) is 11.9 Å². The molecular formula is C58H69BF2IN12O9P. The molecule has 0 bridgehead atoms. The molecule has 26 heteroatoms. The van der Waals surface area contributed by atoms with E-state index in [2.05, 4.69) is 66.8 Å². The van der Waals surface area contributed by atoms with E-state index >= 15 is 8.78 Å². The molecule has 4 aromatic carbocycles. The van der Waals surface area contributed by atoms with Crippen LogP contribution in [-0.2, 0) is 56.8 Å². The number of ether oxygens (including phenoxy) is 3. The molecule has 0 spiro atoms. The predicted octanol–water partition coefficient (Wildman–Crippen LogP) is 13.1. The molecule has 10 rings (SSSR count). The number of urea groups is 2. The van der Waals surface area contributed by atoms with Crippen molar-refractivity contribution in [2.45, 2.75) is 111 Å². The molecule has 4 aromatic heterocycles. The number of phosphoric acid groups is 1. The number of rotatable bonds is 19. The molecule has 8 aromatic rings. The molecule has 2 atom stereocenters. The van der Waals surface area contributed by atoms with Gasteiger partial charge in [-0.15, -0.1) is 0 Å². The normalized spacial score (nSPS) is 15.1.